The van der Waals surface area contributed by atoms with E-state index in [2.05, 4.69) is 6.92 Å². The van der Waals surface area contributed by atoms with Gasteiger partial charge in [0, 0.05) is 11.1 Å². The normalized spacial score (nSPS) is 16.8. The highest BCUT2D eigenvalue weighted by Crippen LogP contribution is 2.46. The van der Waals surface area contributed by atoms with Crippen molar-refractivity contribution in [2.24, 2.45) is 0 Å². The second-order valence-electron chi connectivity index (χ2n) is 12.7. The first kappa shape index (κ1) is 33.0. The maximum absolute atomic E-state index is 15.8. The van der Waals surface area contributed by atoms with E-state index in [-0.39, 0.29) is 35.0 Å². The minimum absolute atomic E-state index is 0.0309. The van der Waals surface area contributed by atoms with Gasteiger partial charge in [0.25, 0.3) is 0 Å². The second kappa shape index (κ2) is 14.8. The first-order valence-electron chi connectivity index (χ1n) is 16.8. The van der Waals surface area contributed by atoms with Crippen LogP contribution in [0.15, 0.2) is 42.5 Å². The fourth-order valence-corrected chi connectivity index (χ4v) is 7.56. The Morgan fingerprint density at radius 1 is 0.778 bits per heavy atom. The fraction of sp³-hybridized carbons (Fsp3) is 0.500. The molecule has 0 aliphatic heterocycles. The van der Waals surface area contributed by atoms with Crippen molar-refractivity contribution in [2.45, 2.75) is 115 Å². The van der Waals surface area contributed by atoms with Gasteiger partial charge >= 0.3 is 5.97 Å². The lowest BCUT2D eigenvalue weighted by Crippen LogP contribution is -2.30. The van der Waals surface area contributed by atoms with Gasteiger partial charge in [0.15, 0.2) is 23.1 Å². The number of halogens is 4. The number of rotatable bonds is 11. The highest BCUT2D eigenvalue weighted by Gasteiger charge is 2.37. The third kappa shape index (κ3) is 6.92. The molecule has 3 nitrogen and oxygen atoms in total. The van der Waals surface area contributed by atoms with E-state index in [1.165, 1.54) is 24.3 Å². The number of benzene rings is 3. The molecular formula is C38H44F4O3. The molecule has 0 atom stereocenters. The van der Waals surface area contributed by atoms with E-state index < -0.39 is 40.4 Å². The van der Waals surface area contributed by atoms with Gasteiger partial charge in [-0.3, -0.25) is 0 Å². The van der Waals surface area contributed by atoms with E-state index in [0.29, 0.717) is 11.1 Å². The predicted molar refractivity (Wildman–Crippen MR) is 169 cm³/mol. The summed E-state index contributed by atoms with van der Waals surface area (Å²) in [5.41, 5.74) is 0.702. The highest BCUT2D eigenvalue weighted by molar-refractivity contribution is 5.99. The third-order valence-corrected chi connectivity index (χ3v) is 9.87. The summed E-state index contributed by atoms with van der Waals surface area (Å²) in [7, 11) is 0. The predicted octanol–water partition coefficient (Wildman–Crippen LogP) is 11.4. The molecular weight excluding hydrogens is 580 g/mol. The summed E-state index contributed by atoms with van der Waals surface area (Å²) in [6.45, 7) is 3.95. The van der Waals surface area contributed by atoms with Crippen LogP contribution in [0.1, 0.15) is 131 Å². The Kier molecular flexibility index (Phi) is 10.9. The third-order valence-electron chi connectivity index (χ3n) is 9.87. The summed E-state index contributed by atoms with van der Waals surface area (Å²) in [6, 6.07) is 10.6. The lowest BCUT2D eigenvalue weighted by molar-refractivity contribution is 0.0727. The average molecular weight is 625 g/mol. The molecule has 242 valence electrons. The van der Waals surface area contributed by atoms with Crippen molar-refractivity contribution in [1.29, 1.82) is 0 Å². The summed E-state index contributed by atoms with van der Waals surface area (Å²) in [6.07, 6.45) is 13.1. The molecule has 3 aromatic carbocycles. The fourth-order valence-electron chi connectivity index (χ4n) is 7.56. The minimum Gasteiger partial charge on any atom is -0.491 e. The topological polar surface area (TPSA) is 35.5 Å². The first-order valence-corrected chi connectivity index (χ1v) is 16.8. The zero-order valence-electron chi connectivity index (χ0n) is 26.5. The van der Waals surface area contributed by atoms with E-state index in [0.717, 1.165) is 89.9 Å². The molecule has 5 rings (SSSR count). The van der Waals surface area contributed by atoms with Gasteiger partial charge in [0.1, 0.15) is 0 Å². The molecule has 0 radical (unpaired) electrons. The van der Waals surface area contributed by atoms with Crippen LogP contribution >= 0.6 is 0 Å². The van der Waals surface area contributed by atoms with Gasteiger partial charge in [-0.25, -0.2) is 13.6 Å². The Bertz CT molecular complexity index is 1490. The zero-order chi connectivity index (χ0) is 32.0. The van der Waals surface area contributed by atoms with Crippen molar-refractivity contribution < 1.29 is 31.8 Å². The number of esters is 1. The van der Waals surface area contributed by atoms with Crippen molar-refractivity contribution in [3.8, 4) is 22.6 Å². The Morgan fingerprint density at radius 2 is 1.47 bits per heavy atom. The second-order valence-corrected chi connectivity index (χ2v) is 12.7. The molecule has 2 aliphatic carbocycles. The van der Waals surface area contributed by atoms with Crippen LogP contribution in [0.2, 0.25) is 0 Å². The standard InChI is InChI=1S/C38H44F4O3/c1-3-5-10-22-38(23-11-7-12-24-38)29-19-21-31(36(42)34(29)40)45-37(43)28-17-13-16-26(25-14-8-6-9-15-25)32(28)27-18-20-30(44-4-2)35(41)33(27)39/h13,16-21,25H,3-12,14-15,22-24H2,1-2H3. The van der Waals surface area contributed by atoms with E-state index in [1.54, 1.807) is 19.1 Å². The van der Waals surface area contributed by atoms with Crippen molar-refractivity contribution in [3.05, 3.63) is 82.4 Å². The molecule has 0 spiro atoms. The molecule has 2 fully saturated rings. The van der Waals surface area contributed by atoms with Crippen molar-refractivity contribution in [2.75, 3.05) is 6.61 Å². The monoisotopic (exact) mass is 624 g/mol. The quantitative estimate of drug-likeness (QED) is 0.0921. The van der Waals surface area contributed by atoms with Gasteiger partial charge in [-0.15, -0.1) is 0 Å². The number of hydrogen-bond acceptors (Lipinski definition) is 3. The van der Waals surface area contributed by atoms with Crippen LogP contribution in [0.3, 0.4) is 0 Å². The van der Waals surface area contributed by atoms with Crippen LogP contribution in [-0.2, 0) is 5.41 Å². The van der Waals surface area contributed by atoms with Crippen LogP contribution in [-0.4, -0.2) is 12.6 Å². The van der Waals surface area contributed by atoms with E-state index in [1.807, 2.05) is 6.07 Å². The van der Waals surface area contributed by atoms with Crippen LogP contribution in [0, 0.1) is 23.3 Å². The SMILES string of the molecule is CCCCCC1(c2ccc(OC(=O)c3cccc(C4CCCCC4)c3-c3ccc(OCC)c(F)c3F)c(F)c2F)CCCCC1. The summed E-state index contributed by atoms with van der Waals surface area (Å²) in [5, 5.41) is 0. The summed E-state index contributed by atoms with van der Waals surface area (Å²) in [5.74, 6) is -6.14. The molecule has 2 saturated carbocycles. The van der Waals surface area contributed by atoms with Crippen molar-refractivity contribution in [1.82, 2.24) is 0 Å². The molecule has 0 aromatic heterocycles. The minimum atomic E-state index is -1.20. The molecule has 0 bridgehead atoms. The van der Waals surface area contributed by atoms with Crippen molar-refractivity contribution in [3.63, 3.8) is 0 Å². The molecule has 0 N–H and O–H groups in total. The smallest absolute Gasteiger partial charge is 0.344 e. The molecule has 0 heterocycles. The van der Waals surface area contributed by atoms with Crippen LogP contribution in [0.5, 0.6) is 11.5 Å². The zero-order valence-corrected chi connectivity index (χ0v) is 26.5. The Hall–Kier alpha value is -3.35. The number of carbonyl (C=O) groups excluding carboxylic acids is 1. The molecule has 0 unspecified atom stereocenters. The average Bonchev–Trinajstić information content (AvgIpc) is 3.06. The van der Waals surface area contributed by atoms with E-state index in [4.69, 9.17) is 9.47 Å². The van der Waals surface area contributed by atoms with Gasteiger partial charge < -0.3 is 9.47 Å². The van der Waals surface area contributed by atoms with Gasteiger partial charge in [0.2, 0.25) is 11.6 Å². The molecule has 7 heteroatoms. The maximum atomic E-state index is 15.8. The van der Waals surface area contributed by atoms with Gasteiger partial charge in [-0.2, -0.15) is 8.78 Å². The molecule has 0 amide bonds. The summed E-state index contributed by atoms with van der Waals surface area (Å²) >= 11 is 0. The van der Waals surface area contributed by atoms with Gasteiger partial charge in [-0.05, 0) is 85.8 Å². The van der Waals surface area contributed by atoms with Gasteiger partial charge in [0.05, 0.1) is 12.2 Å². The van der Waals surface area contributed by atoms with Crippen LogP contribution < -0.4 is 9.47 Å². The molecule has 2 aliphatic rings. The molecule has 0 saturated heterocycles. The number of ether oxygens (including phenoxy) is 2. The number of carbonyl (C=O) groups is 1. The maximum Gasteiger partial charge on any atom is 0.344 e. The summed E-state index contributed by atoms with van der Waals surface area (Å²) in [4.78, 5) is 13.7. The number of unbranched alkanes of at least 4 members (excludes halogenated alkanes) is 2. The highest BCUT2D eigenvalue weighted by atomic mass is 19.2. The van der Waals surface area contributed by atoms with Crippen LogP contribution in [0.25, 0.3) is 11.1 Å². The number of hydrogen-bond donors (Lipinski definition) is 0. The van der Waals surface area contributed by atoms with E-state index in [9.17, 15) is 4.79 Å². The Labute approximate surface area is 264 Å². The van der Waals surface area contributed by atoms with Crippen molar-refractivity contribution >= 4 is 5.97 Å². The largest absolute Gasteiger partial charge is 0.491 e. The van der Waals surface area contributed by atoms with Crippen LogP contribution in [0.4, 0.5) is 17.6 Å². The lowest BCUT2D eigenvalue weighted by Gasteiger charge is -2.38. The first-order chi connectivity index (χ1) is 21.8. The molecule has 45 heavy (non-hydrogen) atoms. The van der Waals surface area contributed by atoms with E-state index >= 15 is 17.6 Å². The Morgan fingerprint density at radius 3 is 2.18 bits per heavy atom. The van der Waals surface area contributed by atoms with Gasteiger partial charge in [-0.1, -0.05) is 82.9 Å². The Balaban J connectivity index is 1.53. The summed E-state index contributed by atoms with van der Waals surface area (Å²) < 4.78 is 73.1. The molecule has 3 aromatic rings. The lowest BCUT2D eigenvalue weighted by atomic mass is 9.66.